The van der Waals surface area contributed by atoms with Crippen LogP contribution in [0.2, 0.25) is 5.02 Å². The molecule has 0 unspecified atom stereocenters. The maximum Gasteiger partial charge on any atom is 0.176 e. The quantitative estimate of drug-likeness (QED) is 0.497. The Labute approximate surface area is 162 Å². The third kappa shape index (κ3) is 4.68. The fourth-order valence-electron chi connectivity index (χ4n) is 2.42. The van der Waals surface area contributed by atoms with E-state index in [0.717, 1.165) is 11.3 Å². The average Bonchev–Trinajstić information content (AvgIpc) is 2.95. The molecule has 0 saturated carbocycles. The third-order valence-electron chi connectivity index (χ3n) is 3.66. The van der Waals surface area contributed by atoms with Crippen molar-refractivity contribution in [3.63, 3.8) is 0 Å². The van der Waals surface area contributed by atoms with Crippen LogP contribution in [-0.2, 0) is 6.54 Å². The van der Waals surface area contributed by atoms with Crippen molar-refractivity contribution in [2.45, 2.75) is 13.5 Å². The molecule has 2 aromatic carbocycles. The number of aromatic nitrogens is 2. The van der Waals surface area contributed by atoms with E-state index >= 15 is 0 Å². The van der Waals surface area contributed by atoms with Gasteiger partial charge >= 0.3 is 0 Å². The lowest BCUT2D eigenvalue weighted by atomic mass is 10.1. The zero-order valence-electron chi connectivity index (χ0n) is 14.1. The van der Waals surface area contributed by atoms with Crippen LogP contribution >= 0.6 is 23.8 Å². The molecule has 3 aromatic rings. The summed E-state index contributed by atoms with van der Waals surface area (Å²) in [4.78, 5) is 11.5. The van der Waals surface area contributed by atoms with Crippen LogP contribution in [0, 0.1) is 0 Å². The number of anilines is 2. The van der Waals surface area contributed by atoms with Crippen molar-refractivity contribution >= 4 is 46.2 Å². The average molecular weight is 385 g/mol. The highest BCUT2D eigenvalue weighted by molar-refractivity contribution is 7.80. The summed E-state index contributed by atoms with van der Waals surface area (Å²) >= 11 is 11.6. The van der Waals surface area contributed by atoms with Crippen molar-refractivity contribution in [2.24, 2.45) is 0 Å². The lowest BCUT2D eigenvalue weighted by Gasteiger charge is -2.09. The van der Waals surface area contributed by atoms with Crippen molar-refractivity contribution in [1.29, 1.82) is 0 Å². The van der Waals surface area contributed by atoms with E-state index < -0.39 is 0 Å². The summed E-state index contributed by atoms with van der Waals surface area (Å²) in [5.74, 6) is 0.470. The van der Waals surface area contributed by atoms with Crippen molar-refractivity contribution in [1.82, 2.24) is 9.78 Å². The normalized spacial score (nSPS) is 10.4. The molecule has 0 radical (unpaired) electrons. The van der Waals surface area contributed by atoms with Gasteiger partial charge in [-0.25, -0.2) is 0 Å². The van der Waals surface area contributed by atoms with Gasteiger partial charge < -0.3 is 10.6 Å². The van der Waals surface area contributed by atoms with Crippen LogP contribution in [0.3, 0.4) is 0 Å². The number of thiocarbonyl (C=S) groups is 1. The van der Waals surface area contributed by atoms with Gasteiger partial charge in [0.05, 0.1) is 6.54 Å². The molecule has 0 fully saturated rings. The second kappa shape index (κ2) is 8.12. The summed E-state index contributed by atoms with van der Waals surface area (Å²) in [6.07, 6.45) is 1.75. The van der Waals surface area contributed by atoms with Gasteiger partial charge in [0.1, 0.15) is 5.02 Å². The Bertz CT molecular complexity index is 940. The summed E-state index contributed by atoms with van der Waals surface area (Å²) in [5, 5.41) is 11.3. The minimum Gasteiger partial charge on any atom is -0.332 e. The fraction of sp³-hybridized carbons (Fsp3) is 0.105. The van der Waals surface area contributed by atoms with Crippen molar-refractivity contribution in [3.8, 4) is 0 Å². The third-order valence-corrected chi connectivity index (χ3v) is 4.14. The van der Waals surface area contributed by atoms with Gasteiger partial charge in [-0.1, -0.05) is 54.1 Å². The highest BCUT2D eigenvalue weighted by Gasteiger charge is 2.10. The Hall–Kier alpha value is -2.70. The largest absolute Gasteiger partial charge is 0.332 e. The van der Waals surface area contributed by atoms with Gasteiger partial charge in [-0.05, 0) is 36.8 Å². The number of benzene rings is 2. The number of Topliss-reactive ketones (excluding diaryl/α,β-unsaturated/α-hetero) is 1. The summed E-state index contributed by atoms with van der Waals surface area (Å²) in [6, 6.07) is 17.1. The number of hydrogen-bond donors (Lipinski definition) is 2. The summed E-state index contributed by atoms with van der Waals surface area (Å²) in [5.41, 5.74) is 2.46. The molecule has 7 heteroatoms. The molecule has 132 valence electrons. The molecule has 0 aliphatic heterocycles. The van der Waals surface area contributed by atoms with Crippen LogP contribution in [0.4, 0.5) is 11.5 Å². The number of nitrogens with one attached hydrogen (secondary N) is 2. The molecule has 1 heterocycles. The summed E-state index contributed by atoms with van der Waals surface area (Å²) in [7, 11) is 0. The highest BCUT2D eigenvalue weighted by Crippen LogP contribution is 2.20. The molecule has 0 bridgehead atoms. The molecular weight excluding hydrogens is 368 g/mol. The first-order chi connectivity index (χ1) is 12.5. The molecule has 0 spiro atoms. The summed E-state index contributed by atoms with van der Waals surface area (Å²) in [6.45, 7) is 2.14. The Morgan fingerprint density at radius 1 is 1.15 bits per heavy atom. The minimum atomic E-state index is -0.00442. The first-order valence-electron chi connectivity index (χ1n) is 7.97. The van der Waals surface area contributed by atoms with Crippen LogP contribution in [-0.4, -0.2) is 20.7 Å². The van der Waals surface area contributed by atoms with Gasteiger partial charge in [0, 0.05) is 17.4 Å². The van der Waals surface area contributed by atoms with Gasteiger partial charge in [0.25, 0.3) is 0 Å². The van der Waals surface area contributed by atoms with Gasteiger partial charge in [-0.2, -0.15) is 5.10 Å². The Balaban J connectivity index is 1.66. The number of nitrogens with zero attached hydrogens (tertiary/aromatic N) is 2. The van der Waals surface area contributed by atoms with Gasteiger partial charge in [-0.3, -0.25) is 9.48 Å². The van der Waals surface area contributed by atoms with E-state index in [9.17, 15) is 4.79 Å². The second-order valence-corrected chi connectivity index (χ2v) is 6.54. The number of halogens is 1. The SMILES string of the molecule is CC(=O)c1cccc(NC(=S)Nc2nn(Cc3ccccc3)cc2Cl)c1. The molecule has 0 saturated heterocycles. The standard InChI is InChI=1S/C19H17ClN4OS/c1-13(25)15-8-5-9-16(10-15)21-19(26)22-18-17(20)12-24(23-18)11-14-6-3-2-4-7-14/h2-10,12H,11H2,1H3,(H2,21,22,23,26). The van der Waals surface area contributed by atoms with E-state index in [0.29, 0.717) is 28.1 Å². The Morgan fingerprint density at radius 3 is 2.65 bits per heavy atom. The van der Waals surface area contributed by atoms with E-state index in [1.807, 2.05) is 36.4 Å². The van der Waals surface area contributed by atoms with Crippen molar-refractivity contribution in [3.05, 3.63) is 76.9 Å². The van der Waals surface area contributed by atoms with Crippen molar-refractivity contribution in [2.75, 3.05) is 10.6 Å². The summed E-state index contributed by atoms with van der Waals surface area (Å²) < 4.78 is 1.75. The topological polar surface area (TPSA) is 59.0 Å². The number of carbonyl (C=O) groups excluding carboxylic acids is 1. The number of hydrogen-bond acceptors (Lipinski definition) is 3. The van der Waals surface area contributed by atoms with Crippen LogP contribution in [0.1, 0.15) is 22.8 Å². The number of carbonyl (C=O) groups is 1. The number of rotatable bonds is 5. The molecule has 0 aliphatic rings. The van der Waals surface area contributed by atoms with Crippen LogP contribution in [0.25, 0.3) is 0 Å². The molecule has 26 heavy (non-hydrogen) atoms. The van der Waals surface area contributed by atoms with E-state index in [-0.39, 0.29) is 5.78 Å². The van der Waals surface area contributed by atoms with Crippen molar-refractivity contribution < 1.29 is 4.79 Å². The van der Waals surface area contributed by atoms with Gasteiger partial charge in [-0.15, -0.1) is 0 Å². The lowest BCUT2D eigenvalue weighted by Crippen LogP contribution is -2.20. The zero-order chi connectivity index (χ0) is 18.5. The smallest absolute Gasteiger partial charge is 0.176 e. The number of ketones is 1. The predicted molar refractivity (Wildman–Crippen MR) is 109 cm³/mol. The molecule has 0 atom stereocenters. The Kier molecular flexibility index (Phi) is 5.65. The molecular formula is C19H17ClN4OS. The van der Waals surface area contributed by atoms with E-state index in [1.165, 1.54) is 6.92 Å². The fourth-order valence-corrected chi connectivity index (χ4v) is 2.83. The van der Waals surface area contributed by atoms with E-state index in [2.05, 4.69) is 15.7 Å². The molecule has 2 N–H and O–H groups in total. The maximum atomic E-state index is 11.5. The molecule has 3 rings (SSSR count). The first-order valence-corrected chi connectivity index (χ1v) is 8.76. The van der Waals surface area contributed by atoms with Crippen LogP contribution in [0.5, 0.6) is 0 Å². The lowest BCUT2D eigenvalue weighted by molar-refractivity contribution is 0.101. The highest BCUT2D eigenvalue weighted by atomic mass is 35.5. The molecule has 0 amide bonds. The first kappa shape index (κ1) is 18.1. The van der Waals surface area contributed by atoms with Crippen LogP contribution < -0.4 is 10.6 Å². The minimum absolute atomic E-state index is 0.00442. The second-order valence-electron chi connectivity index (χ2n) is 5.72. The van der Waals surface area contributed by atoms with Crippen LogP contribution in [0.15, 0.2) is 60.8 Å². The van der Waals surface area contributed by atoms with E-state index in [1.54, 1.807) is 29.1 Å². The molecule has 5 nitrogen and oxygen atoms in total. The predicted octanol–water partition coefficient (Wildman–Crippen LogP) is 4.60. The molecule has 0 aliphatic carbocycles. The monoisotopic (exact) mass is 384 g/mol. The maximum absolute atomic E-state index is 11.5. The Morgan fingerprint density at radius 2 is 1.92 bits per heavy atom. The zero-order valence-corrected chi connectivity index (χ0v) is 15.6. The molecule has 1 aromatic heterocycles. The van der Waals surface area contributed by atoms with Gasteiger partial charge in [0.2, 0.25) is 0 Å². The van der Waals surface area contributed by atoms with E-state index in [4.69, 9.17) is 23.8 Å². The van der Waals surface area contributed by atoms with Gasteiger partial charge in [0.15, 0.2) is 16.7 Å².